The number of aromatic nitrogens is 3. The Morgan fingerprint density at radius 2 is 1.86 bits per heavy atom. The Morgan fingerprint density at radius 1 is 1.07 bits per heavy atom. The standard InChI is InChI=1S/C21H19N5O3/c1-2-3-10-25-20(28)15-9-8-14(11-16(15)21(25)29)19(27)24-17-6-4-5-7-18(17)26-13-22-12-23-26/h4-9,11-13H,2-3,10H2,1H3,(H,24,27). The predicted octanol–water partition coefficient (Wildman–Crippen LogP) is 2.92. The summed E-state index contributed by atoms with van der Waals surface area (Å²) in [5, 5.41) is 6.93. The number of carbonyl (C=O) groups is 3. The first-order valence-corrected chi connectivity index (χ1v) is 9.35. The van der Waals surface area contributed by atoms with Gasteiger partial charge in [-0.25, -0.2) is 9.67 Å². The SMILES string of the molecule is CCCCN1C(=O)c2ccc(C(=O)Nc3ccccc3-n3cncn3)cc2C1=O. The molecule has 1 aliphatic rings. The molecule has 0 radical (unpaired) electrons. The van der Waals surface area contributed by atoms with Gasteiger partial charge in [0.1, 0.15) is 12.7 Å². The second kappa shape index (κ2) is 7.67. The summed E-state index contributed by atoms with van der Waals surface area (Å²) in [6.07, 6.45) is 4.58. The molecule has 0 atom stereocenters. The molecule has 0 unspecified atom stereocenters. The Balaban J connectivity index is 1.59. The lowest BCUT2D eigenvalue weighted by molar-refractivity contribution is 0.0652. The fourth-order valence-electron chi connectivity index (χ4n) is 3.26. The van der Waals surface area contributed by atoms with Crippen molar-refractivity contribution in [3.63, 3.8) is 0 Å². The second-order valence-electron chi connectivity index (χ2n) is 6.69. The first-order chi connectivity index (χ1) is 14.1. The van der Waals surface area contributed by atoms with Crippen LogP contribution in [-0.4, -0.2) is 43.9 Å². The molecule has 3 aromatic rings. The molecule has 29 heavy (non-hydrogen) atoms. The molecule has 8 heteroatoms. The Hall–Kier alpha value is -3.81. The number of anilines is 1. The molecule has 1 aliphatic heterocycles. The van der Waals surface area contributed by atoms with Crippen LogP contribution in [-0.2, 0) is 0 Å². The minimum Gasteiger partial charge on any atom is -0.320 e. The highest BCUT2D eigenvalue weighted by molar-refractivity contribution is 6.22. The van der Waals surface area contributed by atoms with Crippen molar-refractivity contribution < 1.29 is 14.4 Å². The van der Waals surface area contributed by atoms with E-state index < -0.39 is 0 Å². The summed E-state index contributed by atoms with van der Waals surface area (Å²) in [5.41, 5.74) is 2.12. The number of hydrogen-bond donors (Lipinski definition) is 1. The summed E-state index contributed by atoms with van der Waals surface area (Å²) in [4.78, 5) is 43.0. The lowest BCUT2D eigenvalue weighted by Gasteiger charge is -2.12. The molecule has 3 amide bonds. The highest BCUT2D eigenvalue weighted by atomic mass is 16.2. The zero-order chi connectivity index (χ0) is 20.4. The number of imide groups is 1. The molecule has 4 rings (SSSR count). The number of hydrogen-bond acceptors (Lipinski definition) is 5. The molecule has 0 saturated heterocycles. The summed E-state index contributed by atoms with van der Waals surface area (Å²) < 4.78 is 1.55. The van der Waals surface area contributed by atoms with Gasteiger partial charge in [-0.2, -0.15) is 5.10 Å². The van der Waals surface area contributed by atoms with Crippen LogP contribution in [0.15, 0.2) is 55.1 Å². The number of nitrogens with zero attached hydrogens (tertiary/aromatic N) is 4. The first-order valence-electron chi connectivity index (χ1n) is 9.35. The van der Waals surface area contributed by atoms with Crippen LogP contribution < -0.4 is 5.32 Å². The second-order valence-corrected chi connectivity index (χ2v) is 6.69. The van der Waals surface area contributed by atoms with Gasteiger partial charge in [-0.05, 0) is 36.8 Å². The van der Waals surface area contributed by atoms with Crippen LogP contribution in [0.1, 0.15) is 50.8 Å². The van der Waals surface area contributed by atoms with Crippen LogP contribution in [0, 0.1) is 0 Å². The van der Waals surface area contributed by atoms with Gasteiger partial charge in [0, 0.05) is 12.1 Å². The highest BCUT2D eigenvalue weighted by Gasteiger charge is 2.35. The lowest BCUT2D eigenvalue weighted by atomic mass is 10.1. The Kier molecular flexibility index (Phi) is 4.90. The molecule has 0 saturated carbocycles. The predicted molar refractivity (Wildman–Crippen MR) is 106 cm³/mol. The number of benzene rings is 2. The minimum atomic E-state index is -0.382. The highest BCUT2D eigenvalue weighted by Crippen LogP contribution is 2.25. The van der Waals surface area contributed by atoms with Gasteiger partial charge in [0.25, 0.3) is 17.7 Å². The van der Waals surface area contributed by atoms with Crippen molar-refractivity contribution in [2.75, 3.05) is 11.9 Å². The van der Waals surface area contributed by atoms with Crippen LogP contribution in [0.25, 0.3) is 5.69 Å². The van der Waals surface area contributed by atoms with E-state index in [0.29, 0.717) is 29.0 Å². The maximum absolute atomic E-state index is 12.8. The number of para-hydroxylation sites is 2. The summed E-state index contributed by atoms with van der Waals surface area (Å²) >= 11 is 0. The third-order valence-corrected chi connectivity index (χ3v) is 4.79. The van der Waals surface area contributed by atoms with Gasteiger partial charge in [-0.15, -0.1) is 0 Å². The van der Waals surface area contributed by atoms with Crippen molar-refractivity contribution in [2.45, 2.75) is 19.8 Å². The molecule has 1 aromatic heterocycles. The van der Waals surface area contributed by atoms with E-state index in [1.54, 1.807) is 35.0 Å². The van der Waals surface area contributed by atoms with Gasteiger partial charge in [-0.1, -0.05) is 25.5 Å². The molecule has 0 aliphatic carbocycles. The molecule has 1 N–H and O–H groups in total. The number of rotatable bonds is 6. The van der Waals surface area contributed by atoms with Crippen molar-refractivity contribution in [1.29, 1.82) is 0 Å². The Bertz CT molecular complexity index is 1090. The molecule has 0 bridgehead atoms. The smallest absolute Gasteiger partial charge is 0.261 e. The van der Waals surface area contributed by atoms with E-state index in [9.17, 15) is 14.4 Å². The normalized spacial score (nSPS) is 12.9. The maximum Gasteiger partial charge on any atom is 0.261 e. The van der Waals surface area contributed by atoms with E-state index in [-0.39, 0.29) is 23.3 Å². The molecule has 0 spiro atoms. The third kappa shape index (κ3) is 3.40. The van der Waals surface area contributed by atoms with Gasteiger partial charge in [0.2, 0.25) is 0 Å². The zero-order valence-electron chi connectivity index (χ0n) is 15.8. The molecule has 2 aromatic carbocycles. The number of amides is 3. The van der Waals surface area contributed by atoms with Crippen LogP contribution in [0.4, 0.5) is 5.69 Å². The van der Waals surface area contributed by atoms with Crippen LogP contribution in [0.2, 0.25) is 0 Å². The van der Waals surface area contributed by atoms with E-state index in [1.807, 2.05) is 13.0 Å². The molecular weight excluding hydrogens is 370 g/mol. The molecule has 8 nitrogen and oxygen atoms in total. The summed E-state index contributed by atoms with van der Waals surface area (Å²) in [6, 6.07) is 11.8. The van der Waals surface area contributed by atoms with Gasteiger partial charge in [0.05, 0.1) is 22.5 Å². The van der Waals surface area contributed by atoms with E-state index in [4.69, 9.17) is 0 Å². The number of fused-ring (bicyclic) bond motifs is 1. The summed E-state index contributed by atoms with van der Waals surface area (Å²) in [6.45, 7) is 2.38. The van der Waals surface area contributed by atoms with E-state index in [2.05, 4.69) is 15.4 Å². The average Bonchev–Trinajstić information content (AvgIpc) is 3.35. The largest absolute Gasteiger partial charge is 0.320 e. The topological polar surface area (TPSA) is 97.2 Å². The molecule has 0 fully saturated rings. The van der Waals surface area contributed by atoms with Crippen molar-refractivity contribution >= 4 is 23.4 Å². The molecule has 2 heterocycles. The third-order valence-electron chi connectivity index (χ3n) is 4.79. The van der Waals surface area contributed by atoms with Crippen molar-refractivity contribution in [3.05, 3.63) is 71.8 Å². The van der Waals surface area contributed by atoms with Gasteiger partial charge >= 0.3 is 0 Å². The average molecular weight is 389 g/mol. The molecular formula is C21H19N5O3. The van der Waals surface area contributed by atoms with Gasteiger partial charge in [0.15, 0.2) is 0 Å². The van der Waals surface area contributed by atoms with E-state index >= 15 is 0 Å². The fourth-order valence-corrected chi connectivity index (χ4v) is 3.26. The van der Waals surface area contributed by atoms with Crippen LogP contribution in [0.3, 0.4) is 0 Å². The van der Waals surface area contributed by atoms with Crippen molar-refractivity contribution in [3.8, 4) is 5.69 Å². The molecule has 146 valence electrons. The fraction of sp³-hybridized carbons (Fsp3) is 0.190. The van der Waals surface area contributed by atoms with Gasteiger partial charge in [-0.3, -0.25) is 19.3 Å². The summed E-state index contributed by atoms with van der Waals surface area (Å²) in [7, 11) is 0. The van der Waals surface area contributed by atoms with Gasteiger partial charge < -0.3 is 5.32 Å². The first kappa shape index (κ1) is 18.5. The zero-order valence-corrected chi connectivity index (χ0v) is 15.8. The lowest BCUT2D eigenvalue weighted by Crippen LogP contribution is -2.30. The van der Waals surface area contributed by atoms with Crippen molar-refractivity contribution in [2.24, 2.45) is 0 Å². The quantitative estimate of drug-likeness (QED) is 0.654. The summed E-state index contributed by atoms with van der Waals surface area (Å²) in [5.74, 6) is -1.04. The number of unbranched alkanes of at least 4 members (excludes halogenated alkanes) is 1. The van der Waals surface area contributed by atoms with E-state index in [1.165, 1.54) is 23.6 Å². The monoisotopic (exact) mass is 389 g/mol. The Morgan fingerprint density at radius 3 is 2.62 bits per heavy atom. The van der Waals surface area contributed by atoms with Crippen LogP contribution >= 0.6 is 0 Å². The maximum atomic E-state index is 12.8. The van der Waals surface area contributed by atoms with E-state index in [0.717, 1.165) is 12.8 Å². The van der Waals surface area contributed by atoms with Crippen LogP contribution in [0.5, 0.6) is 0 Å². The minimum absolute atomic E-state index is 0.267. The Labute approximate surface area is 167 Å². The van der Waals surface area contributed by atoms with Crippen molar-refractivity contribution in [1.82, 2.24) is 19.7 Å². The number of nitrogens with one attached hydrogen (secondary N) is 1. The number of carbonyl (C=O) groups excluding carboxylic acids is 3.